The highest BCUT2D eigenvalue weighted by Gasteiger charge is 2.40. The standard InChI is InChI=1S/C22H37O7PSi/c1-17(2)30(25,26)28-21(24)16-19(29-31(6,7)22(3,4)5)15-20(23)27-14-13-18-11-9-8-10-12-18/h8-12,17,19H,13-16H2,1-7H3,(H,25,26)/t19-/m1/s1. The second-order valence-electron chi connectivity index (χ2n) is 9.49. The maximum atomic E-state index is 12.4. The quantitative estimate of drug-likeness (QED) is 0.272. The van der Waals surface area contributed by atoms with Gasteiger partial charge in [-0.2, -0.15) is 0 Å². The molecule has 2 atom stereocenters. The third-order valence-corrected chi connectivity index (χ3v) is 11.7. The lowest BCUT2D eigenvalue weighted by Gasteiger charge is -2.39. The van der Waals surface area contributed by atoms with E-state index in [0.717, 1.165) is 5.56 Å². The van der Waals surface area contributed by atoms with Crippen LogP contribution in [0.2, 0.25) is 18.1 Å². The molecule has 1 aromatic rings. The highest BCUT2D eigenvalue weighted by Crippen LogP contribution is 2.47. The molecule has 0 fully saturated rings. The van der Waals surface area contributed by atoms with Crippen LogP contribution in [0.15, 0.2) is 30.3 Å². The van der Waals surface area contributed by atoms with Crippen LogP contribution in [0.3, 0.4) is 0 Å². The summed E-state index contributed by atoms with van der Waals surface area (Å²) in [5, 5.41) is -0.142. The van der Waals surface area contributed by atoms with E-state index in [4.69, 9.17) is 13.7 Å². The molecular formula is C22H37O7PSi. The van der Waals surface area contributed by atoms with Crippen molar-refractivity contribution in [3.63, 3.8) is 0 Å². The van der Waals surface area contributed by atoms with Crippen molar-refractivity contribution < 1.29 is 32.7 Å². The number of esters is 1. The summed E-state index contributed by atoms with van der Waals surface area (Å²) < 4.78 is 28.4. The molecule has 0 heterocycles. The van der Waals surface area contributed by atoms with Crippen LogP contribution in [-0.2, 0) is 34.3 Å². The first-order valence-electron chi connectivity index (χ1n) is 10.6. The predicted octanol–water partition coefficient (Wildman–Crippen LogP) is 5.08. The molecule has 9 heteroatoms. The Kier molecular flexibility index (Phi) is 10.1. The predicted molar refractivity (Wildman–Crippen MR) is 123 cm³/mol. The number of carbonyl (C=O) groups excluding carboxylic acids is 2. The van der Waals surface area contributed by atoms with Gasteiger partial charge < -0.3 is 18.6 Å². The van der Waals surface area contributed by atoms with Crippen molar-refractivity contribution in [2.75, 3.05) is 6.61 Å². The van der Waals surface area contributed by atoms with Crippen molar-refractivity contribution in [1.29, 1.82) is 0 Å². The molecule has 0 aromatic heterocycles. The van der Waals surface area contributed by atoms with Gasteiger partial charge >= 0.3 is 19.5 Å². The molecule has 0 saturated carbocycles. The minimum Gasteiger partial charge on any atom is -0.465 e. The van der Waals surface area contributed by atoms with Crippen molar-refractivity contribution in [2.24, 2.45) is 0 Å². The van der Waals surface area contributed by atoms with Crippen LogP contribution >= 0.6 is 7.60 Å². The largest absolute Gasteiger partial charge is 0.465 e. The number of benzene rings is 1. The van der Waals surface area contributed by atoms with E-state index >= 15 is 0 Å². The van der Waals surface area contributed by atoms with Crippen molar-refractivity contribution in [3.8, 4) is 0 Å². The lowest BCUT2D eigenvalue weighted by Crippen LogP contribution is -2.45. The first-order valence-corrected chi connectivity index (χ1v) is 15.1. The molecule has 0 aliphatic carbocycles. The van der Waals surface area contributed by atoms with E-state index in [1.54, 1.807) is 0 Å². The zero-order valence-corrected chi connectivity index (χ0v) is 21.6. The average Bonchev–Trinajstić information content (AvgIpc) is 2.60. The zero-order valence-electron chi connectivity index (χ0n) is 19.7. The van der Waals surface area contributed by atoms with Crippen molar-refractivity contribution in [2.45, 2.75) is 83.8 Å². The summed E-state index contributed by atoms with van der Waals surface area (Å²) in [5.74, 6) is -1.34. The number of rotatable bonds is 11. The summed E-state index contributed by atoms with van der Waals surface area (Å²) in [7, 11) is -6.37. The smallest absolute Gasteiger partial charge is 0.381 e. The molecule has 0 spiro atoms. The first kappa shape index (κ1) is 27.6. The Morgan fingerprint density at radius 2 is 1.61 bits per heavy atom. The van der Waals surface area contributed by atoms with Crippen LogP contribution in [0.5, 0.6) is 0 Å². The van der Waals surface area contributed by atoms with E-state index in [0.29, 0.717) is 6.42 Å². The molecule has 1 unspecified atom stereocenters. The lowest BCUT2D eigenvalue weighted by molar-refractivity contribution is -0.146. The molecule has 0 radical (unpaired) electrons. The molecule has 1 N–H and O–H groups in total. The third-order valence-electron chi connectivity index (χ3n) is 5.44. The molecule has 176 valence electrons. The Balaban J connectivity index is 2.78. The maximum absolute atomic E-state index is 12.4. The van der Waals surface area contributed by atoms with Gasteiger partial charge in [0.25, 0.3) is 0 Å². The average molecular weight is 473 g/mol. The van der Waals surface area contributed by atoms with Crippen LogP contribution in [-0.4, -0.2) is 43.5 Å². The van der Waals surface area contributed by atoms with Gasteiger partial charge in [0.15, 0.2) is 8.32 Å². The molecule has 0 saturated heterocycles. The first-order chi connectivity index (χ1) is 14.1. The minimum absolute atomic E-state index is 0.131. The minimum atomic E-state index is -4.06. The SMILES string of the molecule is CC(C)P(=O)(O)OC(=O)C[C@@H](CC(=O)OCCc1ccccc1)O[Si](C)(C)C(C)(C)C. The number of hydrogen-bond donors (Lipinski definition) is 1. The number of ether oxygens (including phenoxy) is 1. The van der Waals surface area contributed by atoms with E-state index in [-0.39, 0.29) is 24.5 Å². The van der Waals surface area contributed by atoms with Crippen LogP contribution in [0.4, 0.5) is 0 Å². The second-order valence-corrected chi connectivity index (χ2v) is 16.6. The van der Waals surface area contributed by atoms with Gasteiger partial charge in [-0.15, -0.1) is 0 Å². The van der Waals surface area contributed by atoms with Gasteiger partial charge in [0.2, 0.25) is 0 Å². The van der Waals surface area contributed by atoms with E-state index in [2.05, 4.69) is 0 Å². The Labute approximate surface area is 187 Å². The molecule has 0 amide bonds. The molecule has 0 aliphatic heterocycles. The van der Waals surface area contributed by atoms with Crippen LogP contribution < -0.4 is 0 Å². The van der Waals surface area contributed by atoms with Gasteiger partial charge in [0.05, 0.1) is 31.2 Å². The van der Waals surface area contributed by atoms with E-state index in [9.17, 15) is 19.0 Å². The Bertz CT molecular complexity index is 772. The fraction of sp³-hybridized carbons (Fsp3) is 0.636. The Hall–Kier alpha value is -1.47. The monoisotopic (exact) mass is 472 g/mol. The van der Waals surface area contributed by atoms with E-state index < -0.39 is 39.6 Å². The maximum Gasteiger partial charge on any atom is 0.381 e. The highest BCUT2D eigenvalue weighted by atomic mass is 31.2. The summed E-state index contributed by atoms with van der Waals surface area (Å²) in [6.07, 6.45) is -0.625. The van der Waals surface area contributed by atoms with Gasteiger partial charge in [-0.05, 0) is 23.7 Å². The Morgan fingerprint density at radius 3 is 2.13 bits per heavy atom. The highest BCUT2D eigenvalue weighted by molar-refractivity contribution is 7.54. The van der Waals surface area contributed by atoms with Gasteiger partial charge in [-0.25, -0.2) is 4.57 Å². The topological polar surface area (TPSA) is 99.1 Å². The molecule has 31 heavy (non-hydrogen) atoms. The molecule has 0 bridgehead atoms. The van der Waals surface area contributed by atoms with Crippen LogP contribution in [0.1, 0.15) is 53.0 Å². The van der Waals surface area contributed by atoms with Gasteiger partial charge in [0.1, 0.15) is 0 Å². The summed E-state index contributed by atoms with van der Waals surface area (Å²) in [6.45, 7) is 13.4. The molecule has 1 rings (SSSR count). The van der Waals surface area contributed by atoms with Gasteiger partial charge in [0, 0.05) is 6.42 Å². The van der Waals surface area contributed by atoms with Crippen molar-refractivity contribution in [3.05, 3.63) is 35.9 Å². The summed E-state index contributed by atoms with van der Waals surface area (Å²) in [4.78, 5) is 34.6. The fourth-order valence-corrected chi connectivity index (χ4v) is 4.33. The summed E-state index contributed by atoms with van der Waals surface area (Å²) in [6, 6.07) is 9.66. The van der Waals surface area contributed by atoms with Crippen LogP contribution in [0, 0.1) is 0 Å². The molecule has 7 nitrogen and oxygen atoms in total. The Morgan fingerprint density at radius 1 is 1.06 bits per heavy atom. The van der Waals surface area contributed by atoms with Gasteiger partial charge in [-0.3, -0.25) is 9.59 Å². The normalized spacial score (nSPS) is 15.3. The third kappa shape index (κ3) is 9.68. The summed E-state index contributed by atoms with van der Waals surface area (Å²) >= 11 is 0. The fourth-order valence-electron chi connectivity index (χ4n) is 2.40. The van der Waals surface area contributed by atoms with Gasteiger partial charge in [-0.1, -0.05) is 65.0 Å². The zero-order chi connectivity index (χ0) is 23.9. The molecule has 1 aromatic carbocycles. The summed E-state index contributed by atoms with van der Waals surface area (Å²) in [5.41, 5.74) is 0.347. The van der Waals surface area contributed by atoms with E-state index in [1.165, 1.54) is 13.8 Å². The second kappa shape index (κ2) is 11.4. The lowest BCUT2D eigenvalue weighted by atomic mass is 10.2. The van der Waals surface area contributed by atoms with Crippen molar-refractivity contribution >= 4 is 27.9 Å². The molecule has 0 aliphatic rings. The number of carbonyl (C=O) groups is 2. The van der Waals surface area contributed by atoms with E-state index in [1.807, 2.05) is 64.2 Å². The number of hydrogen-bond acceptors (Lipinski definition) is 6. The van der Waals surface area contributed by atoms with Crippen molar-refractivity contribution in [1.82, 2.24) is 0 Å². The van der Waals surface area contributed by atoms with Crippen LogP contribution in [0.25, 0.3) is 0 Å². The molecular weight excluding hydrogens is 435 g/mol.